The summed E-state index contributed by atoms with van der Waals surface area (Å²) in [5.41, 5.74) is 0.799. The lowest BCUT2D eigenvalue weighted by atomic mass is 9.88. The minimum absolute atomic E-state index is 0. The Hall–Kier alpha value is -1.22. The maximum atomic E-state index is 11.2. The van der Waals surface area contributed by atoms with E-state index in [9.17, 15) is 9.90 Å². The minimum Gasteiger partial charge on any atom is -0.494 e. The Kier molecular flexibility index (Phi) is 6.66. The summed E-state index contributed by atoms with van der Waals surface area (Å²) >= 11 is 0. The molecule has 1 N–H and O–H groups in total. The number of carbonyl (C=O) groups is 1. The van der Waals surface area contributed by atoms with E-state index in [0.717, 1.165) is 11.3 Å². The number of benzene rings is 1. The molecule has 0 saturated carbocycles. The van der Waals surface area contributed by atoms with E-state index in [1.165, 1.54) is 0 Å². The molecule has 1 rings (SSSR count). The highest BCUT2D eigenvalue weighted by atomic mass is 35.5. The molecular weight excluding hydrogens is 240 g/mol. The van der Waals surface area contributed by atoms with Crippen LogP contribution in [0.2, 0.25) is 0 Å². The molecule has 0 bridgehead atoms. The molecule has 0 saturated heterocycles. The molecule has 0 fully saturated rings. The first-order chi connectivity index (χ1) is 7.56. The molecule has 1 aromatic carbocycles. The second kappa shape index (κ2) is 7.17. The van der Waals surface area contributed by atoms with Crippen LogP contribution in [0.1, 0.15) is 32.3 Å². The van der Waals surface area contributed by atoms with Crippen molar-refractivity contribution in [3.63, 3.8) is 0 Å². The molecule has 1 aromatic rings. The van der Waals surface area contributed by atoms with Crippen molar-refractivity contribution in [1.29, 1.82) is 0 Å². The lowest BCUT2D eigenvalue weighted by molar-refractivity contribution is -0.139. The van der Waals surface area contributed by atoms with Gasteiger partial charge in [-0.1, -0.05) is 26.0 Å². The summed E-state index contributed by atoms with van der Waals surface area (Å²) in [7, 11) is 0. The summed E-state index contributed by atoms with van der Waals surface area (Å²) in [6.07, 6.45) is 0. The molecule has 4 heteroatoms. The second-order valence-electron chi connectivity index (χ2n) is 4.07. The van der Waals surface area contributed by atoms with Gasteiger partial charge in [-0.05, 0) is 30.5 Å². The molecule has 0 radical (unpaired) electrons. The third-order valence-electron chi connectivity index (χ3n) is 2.46. The largest absolute Gasteiger partial charge is 0.494 e. The summed E-state index contributed by atoms with van der Waals surface area (Å²) in [5.74, 6) is -0.467. The van der Waals surface area contributed by atoms with Crippen molar-refractivity contribution < 1.29 is 14.6 Å². The predicted molar refractivity (Wildman–Crippen MR) is 70.1 cm³/mol. The number of carboxylic acid groups (broad SMARTS) is 1. The standard InChI is InChI=1S/C13H18O3.ClH/c1-4-16-11-7-5-6-10(8-11)12(9(2)3)13(14)15;/h5-9,12H,4H2,1-3H3,(H,14,15);1H. The molecule has 0 spiro atoms. The number of ether oxygens (including phenoxy) is 1. The quantitative estimate of drug-likeness (QED) is 0.881. The zero-order chi connectivity index (χ0) is 12.1. The van der Waals surface area contributed by atoms with Crippen molar-refractivity contribution in [2.24, 2.45) is 5.92 Å². The van der Waals surface area contributed by atoms with Crippen molar-refractivity contribution in [1.82, 2.24) is 0 Å². The first-order valence-electron chi connectivity index (χ1n) is 5.51. The minimum atomic E-state index is -0.788. The number of carboxylic acids is 1. The van der Waals surface area contributed by atoms with Crippen molar-refractivity contribution in [2.75, 3.05) is 6.61 Å². The van der Waals surface area contributed by atoms with Crippen LogP contribution in [0.25, 0.3) is 0 Å². The van der Waals surface area contributed by atoms with Gasteiger partial charge >= 0.3 is 5.97 Å². The molecule has 3 nitrogen and oxygen atoms in total. The highest BCUT2D eigenvalue weighted by molar-refractivity contribution is 5.85. The van der Waals surface area contributed by atoms with Crippen molar-refractivity contribution >= 4 is 18.4 Å². The molecule has 0 amide bonds. The van der Waals surface area contributed by atoms with E-state index in [4.69, 9.17) is 4.74 Å². The number of rotatable bonds is 5. The smallest absolute Gasteiger partial charge is 0.311 e. The average molecular weight is 259 g/mol. The van der Waals surface area contributed by atoms with E-state index in [1.54, 1.807) is 0 Å². The zero-order valence-corrected chi connectivity index (χ0v) is 11.2. The van der Waals surface area contributed by atoms with E-state index < -0.39 is 11.9 Å². The van der Waals surface area contributed by atoms with Crippen LogP contribution >= 0.6 is 12.4 Å². The maximum Gasteiger partial charge on any atom is 0.311 e. The van der Waals surface area contributed by atoms with Crippen molar-refractivity contribution in [3.05, 3.63) is 29.8 Å². The normalized spacial score (nSPS) is 11.8. The van der Waals surface area contributed by atoms with Gasteiger partial charge in [0.2, 0.25) is 0 Å². The van der Waals surface area contributed by atoms with E-state index in [2.05, 4.69) is 0 Å². The van der Waals surface area contributed by atoms with Gasteiger partial charge in [-0.3, -0.25) is 4.79 Å². The summed E-state index contributed by atoms with van der Waals surface area (Å²) in [4.78, 5) is 11.2. The highest BCUT2D eigenvalue weighted by Crippen LogP contribution is 2.27. The monoisotopic (exact) mass is 258 g/mol. The Morgan fingerprint density at radius 2 is 2.06 bits per heavy atom. The number of aliphatic carboxylic acids is 1. The molecule has 17 heavy (non-hydrogen) atoms. The van der Waals surface area contributed by atoms with Gasteiger partial charge in [0.25, 0.3) is 0 Å². The van der Waals surface area contributed by atoms with Crippen LogP contribution in [0, 0.1) is 5.92 Å². The lowest BCUT2D eigenvalue weighted by Gasteiger charge is -2.17. The third-order valence-corrected chi connectivity index (χ3v) is 2.46. The topological polar surface area (TPSA) is 46.5 Å². The summed E-state index contributed by atoms with van der Waals surface area (Å²) in [6.45, 7) is 6.31. The van der Waals surface area contributed by atoms with Gasteiger partial charge in [0.1, 0.15) is 5.75 Å². The first kappa shape index (κ1) is 15.8. The van der Waals surface area contributed by atoms with Crippen LogP contribution in [0.15, 0.2) is 24.3 Å². The van der Waals surface area contributed by atoms with Crippen LogP contribution in [0.3, 0.4) is 0 Å². The Bertz CT molecular complexity index is 363. The fourth-order valence-corrected chi connectivity index (χ4v) is 1.78. The van der Waals surface area contributed by atoms with E-state index in [0.29, 0.717) is 6.61 Å². The Morgan fingerprint density at radius 1 is 1.41 bits per heavy atom. The van der Waals surface area contributed by atoms with Gasteiger partial charge in [-0.2, -0.15) is 0 Å². The van der Waals surface area contributed by atoms with Crippen molar-refractivity contribution in [3.8, 4) is 5.75 Å². The highest BCUT2D eigenvalue weighted by Gasteiger charge is 2.23. The Balaban J connectivity index is 0.00000256. The van der Waals surface area contributed by atoms with Gasteiger partial charge < -0.3 is 9.84 Å². The molecule has 0 heterocycles. The van der Waals surface area contributed by atoms with Crippen LogP contribution in [0.4, 0.5) is 0 Å². The third kappa shape index (κ3) is 4.27. The van der Waals surface area contributed by atoms with Gasteiger partial charge in [-0.25, -0.2) is 0 Å². The summed E-state index contributed by atoms with van der Waals surface area (Å²) in [6, 6.07) is 7.31. The number of hydrogen-bond donors (Lipinski definition) is 1. The molecule has 0 aromatic heterocycles. The van der Waals surface area contributed by atoms with Crippen LogP contribution in [-0.2, 0) is 4.79 Å². The van der Waals surface area contributed by atoms with Crippen LogP contribution in [0.5, 0.6) is 5.75 Å². The molecule has 0 aliphatic rings. The Morgan fingerprint density at radius 3 is 2.53 bits per heavy atom. The van der Waals surface area contributed by atoms with Gasteiger partial charge in [0.15, 0.2) is 0 Å². The molecular formula is C13H19ClO3. The summed E-state index contributed by atoms with van der Waals surface area (Å²) < 4.78 is 5.36. The van der Waals surface area contributed by atoms with Crippen molar-refractivity contribution in [2.45, 2.75) is 26.7 Å². The lowest BCUT2D eigenvalue weighted by Crippen LogP contribution is -2.17. The SMILES string of the molecule is CCOc1cccc(C(C(=O)O)C(C)C)c1.Cl. The molecule has 0 aliphatic heterocycles. The summed E-state index contributed by atoms with van der Waals surface area (Å²) in [5, 5.41) is 9.18. The van der Waals surface area contributed by atoms with Crippen LogP contribution in [-0.4, -0.2) is 17.7 Å². The van der Waals surface area contributed by atoms with Gasteiger partial charge in [0, 0.05) is 0 Å². The maximum absolute atomic E-state index is 11.2. The number of hydrogen-bond acceptors (Lipinski definition) is 2. The first-order valence-corrected chi connectivity index (χ1v) is 5.51. The Labute approximate surface area is 108 Å². The van der Waals surface area contributed by atoms with Gasteiger partial charge in [-0.15, -0.1) is 12.4 Å². The predicted octanol–water partition coefficient (Wildman–Crippen LogP) is 3.33. The molecule has 0 aliphatic carbocycles. The van der Waals surface area contributed by atoms with E-state index >= 15 is 0 Å². The van der Waals surface area contributed by atoms with Crippen LogP contribution < -0.4 is 4.74 Å². The molecule has 96 valence electrons. The molecule has 1 atom stereocenters. The number of halogens is 1. The van der Waals surface area contributed by atoms with E-state index in [-0.39, 0.29) is 18.3 Å². The molecule has 1 unspecified atom stereocenters. The fourth-order valence-electron chi connectivity index (χ4n) is 1.78. The fraction of sp³-hybridized carbons (Fsp3) is 0.462. The van der Waals surface area contributed by atoms with E-state index in [1.807, 2.05) is 45.0 Å². The van der Waals surface area contributed by atoms with Gasteiger partial charge in [0.05, 0.1) is 12.5 Å². The average Bonchev–Trinajstić information content (AvgIpc) is 2.17. The zero-order valence-electron chi connectivity index (χ0n) is 10.3. The second-order valence-corrected chi connectivity index (χ2v) is 4.07.